The van der Waals surface area contributed by atoms with Crippen molar-refractivity contribution in [2.24, 2.45) is 0 Å². The zero-order valence-electron chi connectivity index (χ0n) is 4.99. The molecule has 0 aliphatic rings. The summed E-state index contributed by atoms with van der Waals surface area (Å²) in [6, 6.07) is 3.31. The Kier molecular flexibility index (Phi) is 2.21. The molecule has 0 amide bonds. The van der Waals surface area contributed by atoms with Gasteiger partial charge in [0, 0.05) is 8.95 Å². The van der Waals surface area contributed by atoms with Gasteiger partial charge in [0.2, 0.25) is 0 Å². The van der Waals surface area contributed by atoms with Gasteiger partial charge in [-0.3, -0.25) is 0 Å². The van der Waals surface area contributed by atoms with E-state index in [0.717, 1.165) is 8.95 Å². The fourth-order valence-corrected chi connectivity index (χ4v) is 1.77. The number of nitrogen functional groups attached to an aromatic ring is 1. The largest absolute Gasteiger partial charge is 0.397 e. The molecule has 2 nitrogen and oxygen atoms in total. The van der Waals surface area contributed by atoms with Crippen molar-refractivity contribution < 1.29 is 0 Å². The van der Waals surface area contributed by atoms with Crippen molar-refractivity contribution in [3.8, 4) is 0 Å². The van der Waals surface area contributed by atoms with Gasteiger partial charge in [-0.05, 0) is 44.0 Å². The molecule has 53 valence electrons. The Morgan fingerprint density at radius 1 is 1.20 bits per heavy atom. The van der Waals surface area contributed by atoms with E-state index >= 15 is 0 Å². The first kappa shape index (κ1) is 7.88. The summed E-state index contributed by atoms with van der Waals surface area (Å²) in [4.78, 5) is 0. The molecule has 1 radical (unpaired) electrons. The number of anilines is 1. The SMILES string of the molecule is [NH]c1cc(Br)c(N)c(Br)c1. The summed E-state index contributed by atoms with van der Waals surface area (Å²) in [5.74, 6) is 0. The third kappa shape index (κ3) is 1.44. The van der Waals surface area contributed by atoms with Crippen LogP contribution in [0.1, 0.15) is 0 Å². The molecule has 0 heterocycles. The zero-order valence-corrected chi connectivity index (χ0v) is 8.16. The van der Waals surface area contributed by atoms with Gasteiger partial charge in [0.05, 0.1) is 11.4 Å². The number of benzene rings is 1. The van der Waals surface area contributed by atoms with E-state index in [1.54, 1.807) is 12.1 Å². The van der Waals surface area contributed by atoms with Crippen molar-refractivity contribution in [2.45, 2.75) is 0 Å². The number of hydrogen-bond donors (Lipinski definition) is 1. The molecule has 0 saturated carbocycles. The number of halogens is 2. The topological polar surface area (TPSA) is 49.8 Å². The van der Waals surface area contributed by atoms with Crippen LogP contribution in [0.25, 0.3) is 0 Å². The van der Waals surface area contributed by atoms with E-state index in [1.807, 2.05) is 0 Å². The summed E-state index contributed by atoms with van der Waals surface area (Å²) >= 11 is 6.44. The Morgan fingerprint density at radius 3 is 2.00 bits per heavy atom. The normalized spacial score (nSPS) is 9.80. The third-order valence-corrected chi connectivity index (χ3v) is 2.39. The molecule has 0 bridgehead atoms. The second kappa shape index (κ2) is 2.80. The lowest BCUT2D eigenvalue weighted by atomic mass is 10.3. The van der Waals surface area contributed by atoms with Crippen molar-refractivity contribution in [2.75, 3.05) is 5.73 Å². The molecule has 1 rings (SSSR count). The Hall–Kier alpha value is -0.220. The predicted molar refractivity (Wildman–Crippen MR) is 49.0 cm³/mol. The summed E-state index contributed by atoms with van der Waals surface area (Å²) in [5.41, 5.74) is 13.9. The Bertz CT molecular complexity index is 237. The maximum absolute atomic E-state index is 7.26. The maximum atomic E-state index is 7.26. The fraction of sp³-hybridized carbons (Fsp3) is 0. The minimum atomic E-state index is 0.438. The van der Waals surface area contributed by atoms with Crippen LogP contribution < -0.4 is 11.5 Å². The van der Waals surface area contributed by atoms with Gasteiger partial charge in [-0.15, -0.1) is 0 Å². The molecule has 0 saturated heterocycles. The van der Waals surface area contributed by atoms with Crippen molar-refractivity contribution in [3.05, 3.63) is 21.1 Å². The summed E-state index contributed by atoms with van der Waals surface area (Å²) in [7, 11) is 0. The van der Waals surface area contributed by atoms with Crippen LogP contribution in [-0.4, -0.2) is 0 Å². The van der Waals surface area contributed by atoms with Gasteiger partial charge in [-0.25, -0.2) is 0 Å². The Balaban J connectivity index is 3.31. The molecule has 0 aliphatic heterocycles. The number of hydrogen-bond acceptors (Lipinski definition) is 1. The van der Waals surface area contributed by atoms with E-state index in [4.69, 9.17) is 11.5 Å². The van der Waals surface area contributed by atoms with E-state index < -0.39 is 0 Å². The first-order valence-electron chi connectivity index (χ1n) is 2.57. The van der Waals surface area contributed by atoms with E-state index in [2.05, 4.69) is 31.9 Å². The fourth-order valence-electron chi connectivity index (χ4n) is 0.584. The highest BCUT2D eigenvalue weighted by atomic mass is 79.9. The molecule has 4 heteroatoms. The van der Waals surface area contributed by atoms with E-state index in [0.29, 0.717) is 11.4 Å². The average molecular weight is 265 g/mol. The van der Waals surface area contributed by atoms with Crippen LogP contribution in [-0.2, 0) is 0 Å². The molecule has 1 aromatic carbocycles. The Labute approximate surface area is 75.8 Å². The molecule has 0 unspecified atom stereocenters. The van der Waals surface area contributed by atoms with Gasteiger partial charge in [0.1, 0.15) is 0 Å². The first-order chi connectivity index (χ1) is 4.61. The van der Waals surface area contributed by atoms with Crippen LogP contribution in [0.2, 0.25) is 0 Å². The van der Waals surface area contributed by atoms with Gasteiger partial charge in [-0.2, -0.15) is 0 Å². The van der Waals surface area contributed by atoms with Gasteiger partial charge in [-0.1, -0.05) is 0 Å². The van der Waals surface area contributed by atoms with E-state index in [1.165, 1.54) is 0 Å². The van der Waals surface area contributed by atoms with Gasteiger partial charge < -0.3 is 11.5 Å². The number of nitrogens with one attached hydrogen (secondary N) is 1. The van der Waals surface area contributed by atoms with Crippen LogP contribution in [0, 0.1) is 0 Å². The second-order valence-electron chi connectivity index (χ2n) is 1.85. The van der Waals surface area contributed by atoms with Crippen LogP contribution in [0.15, 0.2) is 21.1 Å². The summed E-state index contributed by atoms with van der Waals surface area (Å²) in [5, 5.41) is 0. The highest BCUT2D eigenvalue weighted by Gasteiger charge is 2.00. The van der Waals surface area contributed by atoms with Crippen LogP contribution in [0.5, 0.6) is 0 Å². The highest BCUT2D eigenvalue weighted by Crippen LogP contribution is 2.30. The Morgan fingerprint density at radius 2 is 1.60 bits per heavy atom. The number of nitrogens with two attached hydrogens (primary N) is 1. The minimum Gasteiger partial charge on any atom is -0.397 e. The molecule has 0 fully saturated rings. The molecule has 1 aromatic rings. The molecular weight excluding hydrogens is 260 g/mol. The molecule has 0 aliphatic carbocycles. The maximum Gasteiger partial charge on any atom is 0.0604 e. The summed E-state index contributed by atoms with van der Waals surface area (Å²) in [6.07, 6.45) is 0. The average Bonchev–Trinajstić information content (AvgIpc) is 1.82. The van der Waals surface area contributed by atoms with Crippen molar-refractivity contribution >= 4 is 43.2 Å². The van der Waals surface area contributed by atoms with Crippen molar-refractivity contribution in [3.63, 3.8) is 0 Å². The summed E-state index contributed by atoms with van der Waals surface area (Å²) in [6.45, 7) is 0. The minimum absolute atomic E-state index is 0.438. The quantitative estimate of drug-likeness (QED) is 0.720. The molecular formula is C6H5Br2N2. The molecule has 10 heavy (non-hydrogen) atoms. The molecule has 3 N–H and O–H groups in total. The zero-order chi connectivity index (χ0) is 7.72. The van der Waals surface area contributed by atoms with Crippen LogP contribution in [0.4, 0.5) is 11.4 Å². The highest BCUT2D eigenvalue weighted by molar-refractivity contribution is 9.11. The third-order valence-electron chi connectivity index (χ3n) is 1.08. The molecule has 0 spiro atoms. The molecule has 0 aromatic heterocycles. The first-order valence-corrected chi connectivity index (χ1v) is 4.16. The molecule has 0 atom stereocenters. The van der Waals surface area contributed by atoms with E-state index in [-0.39, 0.29) is 0 Å². The predicted octanol–water partition coefficient (Wildman–Crippen LogP) is 2.71. The van der Waals surface area contributed by atoms with Crippen molar-refractivity contribution in [1.29, 1.82) is 0 Å². The second-order valence-corrected chi connectivity index (χ2v) is 3.56. The van der Waals surface area contributed by atoms with Gasteiger partial charge >= 0.3 is 0 Å². The number of rotatable bonds is 0. The lowest BCUT2D eigenvalue weighted by molar-refractivity contribution is 1.45. The van der Waals surface area contributed by atoms with Crippen LogP contribution in [0.3, 0.4) is 0 Å². The lowest BCUT2D eigenvalue weighted by Crippen LogP contribution is -1.87. The standard InChI is InChI=1S/C6H5Br2N2/c7-4-1-3(9)2-5(8)6(4)10/h1-2,9H,10H2. The van der Waals surface area contributed by atoms with Crippen molar-refractivity contribution in [1.82, 2.24) is 5.73 Å². The monoisotopic (exact) mass is 263 g/mol. The van der Waals surface area contributed by atoms with Gasteiger partial charge in [0.25, 0.3) is 0 Å². The lowest BCUT2D eigenvalue weighted by Gasteiger charge is -2.00. The van der Waals surface area contributed by atoms with Crippen LogP contribution >= 0.6 is 31.9 Å². The smallest absolute Gasteiger partial charge is 0.0604 e. The summed E-state index contributed by atoms with van der Waals surface area (Å²) < 4.78 is 1.51. The van der Waals surface area contributed by atoms with Gasteiger partial charge in [0.15, 0.2) is 0 Å². The van der Waals surface area contributed by atoms with E-state index in [9.17, 15) is 0 Å².